The molecule has 0 bridgehead atoms. The van der Waals surface area contributed by atoms with Crippen LogP contribution in [0, 0.1) is 5.92 Å². The van der Waals surface area contributed by atoms with Gasteiger partial charge in [0.15, 0.2) is 0 Å². The molecule has 0 unspecified atom stereocenters. The van der Waals surface area contributed by atoms with E-state index in [1.165, 1.54) is 24.3 Å². The van der Waals surface area contributed by atoms with Crippen LogP contribution in [0.3, 0.4) is 0 Å². The van der Waals surface area contributed by atoms with Crippen molar-refractivity contribution in [1.82, 2.24) is 14.9 Å². The average Bonchev–Trinajstić information content (AvgIpc) is 2.87. The summed E-state index contributed by atoms with van der Waals surface area (Å²) in [6.45, 7) is 5.31. The largest absolute Gasteiger partial charge is 0.355 e. The van der Waals surface area contributed by atoms with E-state index in [0.29, 0.717) is 31.0 Å². The first kappa shape index (κ1) is 23.6. The second kappa shape index (κ2) is 10.9. The van der Waals surface area contributed by atoms with Gasteiger partial charge in [-0.2, -0.15) is 4.72 Å². The van der Waals surface area contributed by atoms with E-state index in [1.54, 1.807) is 13.8 Å². The highest BCUT2D eigenvalue weighted by molar-refractivity contribution is 7.89. The van der Waals surface area contributed by atoms with Gasteiger partial charge >= 0.3 is 0 Å². The summed E-state index contributed by atoms with van der Waals surface area (Å²) in [7, 11) is -3.85. The van der Waals surface area contributed by atoms with Gasteiger partial charge < -0.3 is 10.2 Å². The molecule has 1 aliphatic heterocycles. The standard InChI is InChI=1S/C20H30ClN3O4S/c1-15(2)19(23-29(27,28)17-10-8-16(21)9-11-17)20(26)22-12-6-14-24-13-5-3-4-7-18(24)25/h8-11,15,19,23H,3-7,12-14H2,1-2H3,(H,22,26)/t19-/m1/s1. The van der Waals surface area contributed by atoms with Crippen molar-refractivity contribution in [2.24, 2.45) is 5.92 Å². The first-order valence-corrected chi connectivity index (χ1v) is 11.9. The van der Waals surface area contributed by atoms with Gasteiger partial charge in [-0.1, -0.05) is 31.9 Å². The third-order valence-corrected chi connectivity index (χ3v) is 6.64. The summed E-state index contributed by atoms with van der Waals surface area (Å²) in [6, 6.07) is 4.89. The maximum atomic E-state index is 12.6. The molecule has 1 heterocycles. The third-order valence-electron chi connectivity index (χ3n) is 4.93. The third kappa shape index (κ3) is 7.28. The summed E-state index contributed by atoms with van der Waals surface area (Å²) >= 11 is 5.81. The lowest BCUT2D eigenvalue weighted by atomic mass is 10.1. The zero-order valence-corrected chi connectivity index (χ0v) is 18.6. The minimum Gasteiger partial charge on any atom is -0.355 e. The number of carbonyl (C=O) groups is 2. The van der Waals surface area contributed by atoms with Crippen LogP contribution < -0.4 is 10.0 Å². The van der Waals surface area contributed by atoms with Gasteiger partial charge in [0.2, 0.25) is 21.8 Å². The van der Waals surface area contributed by atoms with E-state index in [1.807, 2.05) is 4.90 Å². The summed E-state index contributed by atoms with van der Waals surface area (Å²) in [5, 5.41) is 3.23. The fraction of sp³-hybridized carbons (Fsp3) is 0.600. The highest BCUT2D eigenvalue weighted by atomic mass is 35.5. The molecule has 0 aliphatic carbocycles. The number of likely N-dealkylation sites (tertiary alicyclic amines) is 1. The van der Waals surface area contributed by atoms with Crippen LogP contribution in [-0.2, 0) is 19.6 Å². The summed E-state index contributed by atoms with van der Waals surface area (Å²) in [5.74, 6) is -0.436. The molecule has 2 rings (SSSR count). The van der Waals surface area contributed by atoms with Crippen molar-refractivity contribution in [2.75, 3.05) is 19.6 Å². The number of rotatable bonds is 9. The molecule has 2 N–H and O–H groups in total. The Balaban J connectivity index is 1.88. The SMILES string of the molecule is CC(C)[C@@H](NS(=O)(=O)c1ccc(Cl)cc1)C(=O)NCCCN1CCCCCC1=O. The Hall–Kier alpha value is -1.64. The van der Waals surface area contributed by atoms with Crippen molar-refractivity contribution in [3.63, 3.8) is 0 Å². The molecule has 29 heavy (non-hydrogen) atoms. The van der Waals surface area contributed by atoms with E-state index in [4.69, 9.17) is 11.6 Å². The van der Waals surface area contributed by atoms with E-state index >= 15 is 0 Å². The van der Waals surface area contributed by atoms with Crippen molar-refractivity contribution < 1.29 is 18.0 Å². The van der Waals surface area contributed by atoms with E-state index in [2.05, 4.69) is 10.0 Å². The molecule has 0 saturated carbocycles. The Bertz CT molecular complexity index is 796. The number of benzene rings is 1. The normalized spacial score (nSPS) is 16.6. The number of hydrogen-bond acceptors (Lipinski definition) is 4. The number of amides is 2. The second-order valence-electron chi connectivity index (χ2n) is 7.63. The highest BCUT2D eigenvalue weighted by Gasteiger charge is 2.28. The van der Waals surface area contributed by atoms with E-state index < -0.39 is 16.1 Å². The summed E-state index contributed by atoms with van der Waals surface area (Å²) < 4.78 is 27.7. The van der Waals surface area contributed by atoms with Gasteiger partial charge in [0.1, 0.15) is 6.04 Å². The van der Waals surface area contributed by atoms with E-state index in [0.717, 1.165) is 25.8 Å². The number of carbonyl (C=O) groups excluding carboxylic acids is 2. The maximum Gasteiger partial charge on any atom is 0.241 e. The summed E-state index contributed by atoms with van der Waals surface area (Å²) in [6.07, 6.45) is 4.25. The van der Waals surface area contributed by atoms with E-state index in [-0.39, 0.29) is 22.6 Å². The molecule has 1 aromatic carbocycles. The van der Waals surface area contributed by atoms with Crippen molar-refractivity contribution in [1.29, 1.82) is 0 Å². The molecule has 1 saturated heterocycles. The molecule has 0 spiro atoms. The fourth-order valence-corrected chi connectivity index (χ4v) is 4.68. The lowest BCUT2D eigenvalue weighted by molar-refractivity contribution is -0.130. The molecule has 7 nitrogen and oxygen atoms in total. The van der Waals surface area contributed by atoms with E-state index in [9.17, 15) is 18.0 Å². The number of nitrogens with zero attached hydrogens (tertiary/aromatic N) is 1. The minimum absolute atomic E-state index is 0.0556. The monoisotopic (exact) mass is 443 g/mol. The Labute approximate surface area is 178 Å². The molecule has 2 amide bonds. The van der Waals surface area contributed by atoms with Crippen LogP contribution in [0.1, 0.15) is 46.0 Å². The summed E-state index contributed by atoms with van der Waals surface area (Å²) in [4.78, 5) is 26.5. The van der Waals surface area contributed by atoms with Crippen LogP contribution in [0.5, 0.6) is 0 Å². The molecular weight excluding hydrogens is 414 g/mol. The lowest BCUT2D eigenvalue weighted by Gasteiger charge is -2.23. The predicted octanol–water partition coefficient (Wildman–Crippen LogP) is 2.55. The number of hydrogen-bond donors (Lipinski definition) is 2. The second-order valence-corrected chi connectivity index (χ2v) is 9.78. The fourth-order valence-electron chi connectivity index (χ4n) is 3.21. The van der Waals surface area contributed by atoms with Gasteiger partial charge in [-0.3, -0.25) is 9.59 Å². The molecule has 0 aromatic heterocycles. The van der Waals surface area contributed by atoms with Gasteiger partial charge in [-0.25, -0.2) is 8.42 Å². The molecule has 1 fully saturated rings. The van der Waals surface area contributed by atoms with Gasteiger partial charge in [-0.15, -0.1) is 0 Å². The van der Waals surface area contributed by atoms with Crippen LogP contribution in [0.25, 0.3) is 0 Å². The highest BCUT2D eigenvalue weighted by Crippen LogP contribution is 2.16. The smallest absolute Gasteiger partial charge is 0.241 e. The maximum absolute atomic E-state index is 12.6. The Morgan fingerprint density at radius 2 is 1.86 bits per heavy atom. The molecule has 1 aliphatic rings. The minimum atomic E-state index is -3.85. The zero-order chi connectivity index (χ0) is 21.4. The Morgan fingerprint density at radius 3 is 2.52 bits per heavy atom. The first-order valence-electron chi connectivity index (χ1n) is 10.0. The lowest BCUT2D eigenvalue weighted by Crippen LogP contribution is -2.50. The number of halogens is 1. The first-order chi connectivity index (χ1) is 13.7. The van der Waals surface area contributed by atoms with Crippen LogP contribution in [-0.4, -0.2) is 50.8 Å². The van der Waals surface area contributed by atoms with Gasteiger partial charge in [0.25, 0.3) is 0 Å². The van der Waals surface area contributed by atoms with Crippen molar-refractivity contribution in [3.8, 4) is 0 Å². The topological polar surface area (TPSA) is 95.6 Å². The molecule has 1 atom stereocenters. The molecule has 1 aromatic rings. The molecule has 162 valence electrons. The summed E-state index contributed by atoms with van der Waals surface area (Å²) in [5.41, 5.74) is 0. The predicted molar refractivity (Wildman–Crippen MR) is 113 cm³/mol. The van der Waals surface area contributed by atoms with Crippen LogP contribution >= 0.6 is 11.6 Å². The number of sulfonamides is 1. The van der Waals surface area contributed by atoms with Crippen molar-refractivity contribution in [3.05, 3.63) is 29.3 Å². The number of nitrogens with one attached hydrogen (secondary N) is 2. The van der Waals surface area contributed by atoms with Crippen LogP contribution in [0.4, 0.5) is 0 Å². The van der Waals surface area contributed by atoms with Gasteiger partial charge in [-0.05, 0) is 49.4 Å². The molecule has 0 radical (unpaired) electrons. The molecule has 9 heteroatoms. The van der Waals surface area contributed by atoms with Crippen molar-refractivity contribution >= 4 is 33.4 Å². The Kier molecular flexibility index (Phi) is 8.92. The average molecular weight is 444 g/mol. The van der Waals surface area contributed by atoms with Gasteiger partial charge in [0, 0.05) is 31.1 Å². The van der Waals surface area contributed by atoms with Gasteiger partial charge in [0.05, 0.1) is 4.90 Å². The Morgan fingerprint density at radius 1 is 1.17 bits per heavy atom. The van der Waals surface area contributed by atoms with Crippen molar-refractivity contribution in [2.45, 2.75) is 56.9 Å². The quantitative estimate of drug-likeness (QED) is 0.573. The zero-order valence-electron chi connectivity index (χ0n) is 17.0. The van der Waals surface area contributed by atoms with Crippen LogP contribution in [0.15, 0.2) is 29.2 Å². The van der Waals surface area contributed by atoms with Crippen LogP contribution in [0.2, 0.25) is 5.02 Å². The molecular formula is C20H30ClN3O4S.